The lowest BCUT2D eigenvalue weighted by atomic mass is 9.87. The number of carbonyl (C=O) groups is 10. The van der Waals surface area contributed by atoms with Crippen LogP contribution in [0.5, 0.6) is 0 Å². The van der Waals surface area contributed by atoms with Crippen molar-refractivity contribution in [1.29, 1.82) is 0 Å². The van der Waals surface area contributed by atoms with Gasteiger partial charge in [0.05, 0.1) is 55.8 Å². The summed E-state index contributed by atoms with van der Waals surface area (Å²) in [5, 5.41) is 22.5. The first kappa shape index (κ1) is 76.4. The zero-order valence-corrected chi connectivity index (χ0v) is 57.6. The molecule has 4 aliphatic heterocycles. The second-order valence-corrected chi connectivity index (χ2v) is 26.4. The molecule has 7 amide bonds. The van der Waals surface area contributed by atoms with E-state index in [0.29, 0.717) is 42.3 Å². The SMILES string of the molecule is CC(=O)O[C@@H](C)/C=C\C(=O)N[C@@H]1C[C@H](C)[C@H](C/C=C(C)/C=C/[C@H]2O[C@H](CC(=O)ON3C(=O)CCC3=O)C[C@@]3(CO3)[C@@H]2O)O[C@@H]1C.CC(C)[C@H](CC(=O)OCC1c2ccccc2-c2ccccc21)C(=O)N[C@@H](CCCNC(N)=O)C(=O)Cc1ccc(COC(=O)Nc2ccc(CN)cc2)cc1. The van der Waals surface area contributed by atoms with Crippen molar-refractivity contribution < 1.29 is 86.3 Å². The smallest absolute Gasteiger partial charge is 0.411 e. The van der Waals surface area contributed by atoms with Crippen molar-refractivity contribution in [1.82, 2.24) is 21.0 Å². The molecule has 4 aromatic carbocycles. The number of ether oxygens (including phenoxy) is 6. The number of primary amides is 1. The van der Waals surface area contributed by atoms with Crippen molar-refractivity contribution in [2.24, 2.45) is 29.2 Å². The maximum atomic E-state index is 13.7. The molecule has 25 heteroatoms. The largest absolute Gasteiger partial charge is 0.465 e. The Balaban J connectivity index is 0.000000260. The van der Waals surface area contributed by atoms with E-state index in [1.54, 1.807) is 49.4 Å². The molecule has 9 rings (SSSR count). The van der Waals surface area contributed by atoms with Crippen LogP contribution in [0.3, 0.4) is 0 Å². The number of aliphatic hydroxyl groups is 1. The van der Waals surface area contributed by atoms with Crippen molar-refractivity contribution in [2.45, 2.75) is 186 Å². The summed E-state index contributed by atoms with van der Waals surface area (Å²) in [6, 6.07) is 28.6. The van der Waals surface area contributed by atoms with Crippen LogP contribution < -0.4 is 32.7 Å². The summed E-state index contributed by atoms with van der Waals surface area (Å²) >= 11 is 0. The maximum absolute atomic E-state index is 13.7. The Hall–Kier alpha value is -9.40. The second kappa shape index (κ2) is 36.1. The number of nitrogens with one attached hydrogen (secondary N) is 4. The minimum atomic E-state index is -0.926. The third-order valence-corrected chi connectivity index (χ3v) is 18.3. The lowest BCUT2D eigenvalue weighted by molar-refractivity contribution is -0.202. The quantitative estimate of drug-likeness (QED) is 0.00516. The molecule has 5 aliphatic rings. The van der Waals surface area contributed by atoms with Crippen LogP contribution >= 0.6 is 0 Å². The average molecular weight is 1380 g/mol. The number of benzene rings is 4. The van der Waals surface area contributed by atoms with E-state index in [0.717, 1.165) is 45.4 Å². The highest BCUT2D eigenvalue weighted by Crippen LogP contribution is 2.45. The lowest BCUT2D eigenvalue weighted by Crippen LogP contribution is -2.50. The van der Waals surface area contributed by atoms with Crippen molar-refractivity contribution in [3.8, 4) is 11.1 Å². The molecule has 0 saturated carbocycles. The first-order chi connectivity index (χ1) is 47.8. The molecule has 536 valence electrons. The van der Waals surface area contributed by atoms with E-state index in [4.69, 9.17) is 44.7 Å². The number of allylic oxidation sites excluding steroid dienone is 2. The van der Waals surface area contributed by atoms with E-state index in [2.05, 4.69) is 40.3 Å². The number of nitrogens with two attached hydrogens (primary N) is 2. The molecular weight excluding hydrogens is 1290 g/mol. The Morgan fingerprint density at radius 3 is 2.07 bits per heavy atom. The van der Waals surface area contributed by atoms with Gasteiger partial charge in [0.25, 0.3) is 11.8 Å². The predicted octanol–water partition coefficient (Wildman–Crippen LogP) is 7.93. The van der Waals surface area contributed by atoms with Gasteiger partial charge < -0.3 is 65.8 Å². The molecule has 0 unspecified atom stereocenters. The summed E-state index contributed by atoms with van der Waals surface area (Å²) in [6.07, 6.45) is 6.85. The molecule has 100 heavy (non-hydrogen) atoms. The van der Waals surface area contributed by atoms with E-state index in [-0.39, 0.29) is 112 Å². The van der Waals surface area contributed by atoms with Crippen LogP contribution in [0.2, 0.25) is 0 Å². The molecule has 9 N–H and O–H groups in total. The molecule has 4 aromatic rings. The van der Waals surface area contributed by atoms with Gasteiger partial charge in [0.2, 0.25) is 11.8 Å². The zero-order valence-electron chi connectivity index (χ0n) is 57.6. The van der Waals surface area contributed by atoms with Crippen LogP contribution in [0.1, 0.15) is 140 Å². The Morgan fingerprint density at radius 1 is 0.810 bits per heavy atom. The zero-order chi connectivity index (χ0) is 72.2. The highest BCUT2D eigenvalue weighted by atomic mass is 16.7. The minimum absolute atomic E-state index is 0.0109. The molecule has 11 atom stereocenters. The topological polar surface area (TPSA) is 362 Å². The van der Waals surface area contributed by atoms with Gasteiger partial charge in [-0.1, -0.05) is 130 Å². The number of rotatable bonds is 29. The first-order valence-corrected chi connectivity index (χ1v) is 34.0. The fourth-order valence-corrected chi connectivity index (χ4v) is 12.6. The first-order valence-electron chi connectivity index (χ1n) is 34.0. The average Bonchev–Trinajstić information content (AvgIpc) is 1.58. The molecular formula is C75H93N7O18. The molecule has 1 aliphatic carbocycles. The summed E-state index contributed by atoms with van der Waals surface area (Å²) < 4.78 is 34.0. The monoisotopic (exact) mass is 1380 g/mol. The van der Waals surface area contributed by atoms with Crippen molar-refractivity contribution in [3.05, 3.63) is 161 Å². The van der Waals surface area contributed by atoms with Gasteiger partial charge in [0.1, 0.15) is 37.1 Å². The number of Topliss-reactive ketones (excluding diaryl/α,β-unsaturated/α-hetero) is 1. The van der Waals surface area contributed by atoms with Crippen molar-refractivity contribution in [3.63, 3.8) is 0 Å². The molecule has 1 spiro atoms. The molecule has 4 heterocycles. The highest BCUT2D eigenvalue weighted by molar-refractivity contribution is 6.01. The van der Waals surface area contributed by atoms with Gasteiger partial charge in [-0.15, -0.1) is 5.06 Å². The van der Waals surface area contributed by atoms with Gasteiger partial charge >= 0.3 is 30.0 Å². The Kier molecular flexibility index (Phi) is 27.6. The van der Waals surface area contributed by atoms with Crippen LogP contribution in [-0.4, -0.2) is 144 Å². The molecule has 4 fully saturated rings. The number of imide groups is 1. The number of anilines is 1. The number of hydroxylamine groups is 2. The van der Waals surface area contributed by atoms with E-state index in [1.807, 2.05) is 88.4 Å². The van der Waals surface area contributed by atoms with Crippen molar-refractivity contribution in [2.75, 3.05) is 25.1 Å². The lowest BCUT2D eigenvalue weighted by Gasteiger charge is -2.39. The number of aliphatic hydroxyl groups excluding tert-OH is 1. The fraction of sp³-hybridized carbons (Fsp3) is 0.467. The number of carbonyl (C=O) groups excluding carboxylic acids is 10. The van der Waals surface area contributed by atoms with Gasteiger partial charge in [-0.05, 0) is 115 Å². The molecule has 0 radical (unpaired) electrons. The second-order valence-electron chi connectivity index (χ2n) is 26.4. The molecule has 0 bridgehead atoms. The van der Waals surface area contributed by atoms with Crippen LogP contribution in [0.25, 0.3) is 11.1 Å². The fourth-order valence-electron chi connectivity index (χ4n) is 12.6. The molecule has 4 saturated heterocycles. The number of urea groups is 1. The number of hydrogen-bond donors (Lipinski definition) is 7. The van der Waals surface area contributed by atoms with Crippen LogP contribution in [0, 0.1) is 17.8 Å². The van der Waals surface area contributed by atoms with E-state index in [1.165, 1.54) is 19.1 Å². The highest BCUT2D eigenvalue weighted by Gasteiger charge is 2.58. The molecule has 0 aromatic heterocycles. The maximum Gasteiger partial charge on any atom is 0.411 e. The van der Waals surface area contributed by atoms with Gasteiger partial charge in [0.15, 0.2) is 5.78 Å². The predicted molar refractivity (Wildman–Crippen MR) is 367 cm³/mol. The van der Waals surface area contributed by atoms with E-state index >= 15 is 0 Å². The van der Waals surface area contributed by atoms with Crippen LogP contribution in [-0.2, 0) is 91.2 Å². The van der Waals surface area contributed by atoms with Crippen LogP contribution in [0.15, 0.2) is 133 Å². The normalized spacial score (nSPS) is 22.6. The van der Waals surface area contributed by atoms with Gasteiger partial charge in [-0.25, -0.2) is 14.4 Å². The van der Waals surface area contributed by atoms with Gasteiger partial charge in [-0.2, -0.15) is 0 Å². The summed E-state index contributed by atoms with van der Waals surface area (Å²) in [6.45, 7) is 13.8. The number of hydrogen-bond acceptors (Lipinski definition) is 19. The number of esters is 2. The van der Waals surface area contributed by atoms with Gasteiger partial charge in [-0.3, -0.25) is 38.9 Å². The summed E-state index contributed by atoms with van der Waals surface area (Å²) in [5.41, 5.74) is 18.3. The minimum Gasteiger partial charge on any atom is -0.465 e. The molecule has 25 nitrogen and oxygen atoms in total. The third-order valence-electron chi connectivity index (χ3n) is 18.3. The van der Waals surface area contributed by atoms with E-state index in [9.17, 15) is 53.1 Å². The van der Waals surface area contributed by atoms with Crippen LogP contribution in [0.4, 0.5) is 15.3 Å². The Bertz CT molecular complexity index is 3600. The number of nitrogens with zero attached hydrogens (tertiary/aromatic N) is 1. The Labute approximate surface area is 582 Å². The van der Waals surface area contributed by atoms with Gasteiger partial charge in [0, 0.05) is 63.4 Å². The van der Waals surface area contributed by atoms with Crippen molar-refractivity contribution >= 4 is 65.1 Å². The number of epoxide rings is 1. The Morgan fingerprint density at radius 2 is 1.45 bits per heavy atom. The third kappa shape index (κ3) is 22.0. The summed E-state index contributed by atoms with van der Waals surface area (Å²) in [5.74, 6) is -4.61. The number of ketones is 1. The summed E-state index contributed by atoms with van der Waals surface area (Å²) in [4.78, 5) is 129. The van der Waals surface area contributed by atoms with E-state index < -0.39 is 89.7 Å². The number of fused-ring (bicyclic) bond motifs is 3. The standard InChI is InChI=1S/C43H49N5O7.C32H44N2O11/c1-27(2)36(23-40(50)54-26-37-34-10-5-3-8-32(34)33-9-4-6-11-35(33)37)41(51)48-38(12-7-21-46-42(45)52)39(49)22-28-13-15-30(16-14-28)25-55-43(53)47-31-19-17-29(24-44)18-20-31;1-18(6-9-25-19(2)14-24(21(4)43-25)33-27(36)11-8-20(3)42-22(5)35)7-10-26-31(40)32(17-41-32)16-23(44-26)15-30(39)45-34-28(37)12-13-29(34)38/h3-6,8-11,13-20,27,36-38H,7,12,21-26,44H2,1-2H3,(H,47,53)(H,48,51)(H3,45,46,52);6-8,10-11,19-21,23-26,31,40H,9,12-17H2,1-5H3,(H,33,36)/b;10-7+,11-8-,18-6+/t36-,38-;19-,20-,21+,23+,24+,25-,26+,31+,32+/m00/s1. The number of amides is 7. The summed E-state index contributed by atoms with van der Waals surface area (Å²) in [7, 11) is 0.